The third-order valence-electron chi connectivity index (χ3n) is 3.50. The van der Waals surface area contributed by atoms with Crippen molar-refractivity contribution in [3.05, 3.63) is 22.7 Å². The van der Waals surface area contributed by atoms with E-state index < -0.39 is 0 Å². The van der Waals surface area contributed by atoms with Crippen molar-refractivity contribution in [2.45, 2.75) is 25.8 Å². The Labute approximate surface area is 126 Å². The van der Waals surface area contributed by atoms with E-state index in [0.29, 0.717) is 10.6 Å². The molecule has 0 aliphatic carbocycles. The van der Waals surface area contributed by atoms with Gasteiger partial charge in [0.1, 0.15) is 9.71 Å². The van der Waals surface area contributed by atoms with Crippen molar-refractivity contribution in [2.24, 2.45) is 0 Å². The molecule has 1 amide bonds. The Kier molecular flexibility index (Phi) is 3.85. The number of hydrogen-bond acceptors (Lipinski definition) is 5. The van der Waals surface area contributed by atoms with Crippen LogP contribution in [0.3, 0.4) is 0 Å². The van der Waals surface area contributed by atoms with Gasteiger partial charge >= 0.3 is 0 Å². The van der Waals surface area contributed by atoms with Crippen LogP contribution in [0, 0.1) is 6.92 Å². The molecular formula is C14H17N3OS2. The van der Waals surface area contributed by atoms with Crippen molar-refractivity contribution in [3.63, 3.8) is 0 Å². The van der Waals surface area contributed by atoms with Crippen LogP contribution in [0.1, 0.15) is 28.2 Å². The third kappa shape index (κ3) is 2.62. The first kappa shape index (κ1) is 13.7. The molecule has 1 aliphatic heterocycles. The van der Waals surface area contributed by atoms with Crippen molar-refractivity contribution in [2.75, 3.05) is 17.2 Å². The number of carbonyl (C=O) groups is 1. The number of rotatable bonds is 2. The highest BCUT2D eigenvalue weighted by molar-refractivity contribution is 7.99. The number of carbonyl (C=O) groups excluding carboxylic acids is 1. The lowest BCUT2D eigenvalue weighted by atomic mass is 10.1. The Morgan fingerprint density at radius 3 is 2.90 bits per heavy atom. The maximum Gasteiger partial charge on any atom is 0.263 e. The van der Waals surface area contributed by atoms with Crippen LogP contribution in [0.4, 0.5) is 5.69 Å². The number of fused-ring (bicyclic) bond motifs is 1. The molecule has 0 saturated carbocycles. The van der Waals surface area contributed by atoms with E-state index >= 15 is 0 Å². The number of hydrogen-bond donors (Lipinski definition) is 2. The minimum absolute atomic E-state index is 0.0555. The number of thiophene rings is 1. The van der Waals surface area contributed by atoms with E-state index in [9.17, 15) is 4.79 Å². The molecule has 0 radical (unpaired) electrons. The summed E-state index contributed by atoms with van der Waals surface area (Å²) in [5, 5.41) is 3.98. The highest BCUT2D eigenvalue weighted by Gasteiger charge is 2.21. The van der Waals surface area contributed by atoms with Crippen molar-refractivity contribution in [3.8, 4) is 0 Å². The minimum Gasteiger partial charge on any atom is -0.397 e. The molecule has 3 heterocycles. The summed E-state index contributed by atoms with van der Waals surface area (Å²) in [4.78, 5) is 18.2. The molecule has 2 aromatic rings. The van der Waals surface area contributed by atoms with Gasteiger partial charge in [-0.05, 0) is 43.4 Å². The van der Waals surface area contributed by atoms with Gasteiger partial charge in [-0.15, -0.1) is 11.3 Å². The average molecular weight is 307 g/mol. The lowest BCUT2D eigenvalue weighted by molar-refractivity contribution is 0.0940. The van der Waals surface area contributed by atoms with E-state index in [4.69, 9.17) is 5.73 Å². The summed E-state index contributed by atoms with van der Waals surface area (Å²) in [6, 6.07) is 4.14. The summed E-state index contributed by atoms with van der Waals surface area (Å²) in [5.41, 5.74) is 7.60. The number of aryl methyl sites for hydroxylation is 1. The monoisotopic (exact) mass is 307 g/mol. The quantitative estimate of drug-likeness (QED) is 0.895. The number of nitrogen functional groups attached to an aromatic ring is 1. The van der Waals surface area contributed by atoms with Gasteiger partial charge in [0.25, 0.3) is 5.91 Å². The van der Waals surface area contributed by atoms with Crippen molar-refractivity contribution in [1.29, 1.82) is 0 Å². The smallest absolute Gasteiger partial charge is 0.263 e. The van der Waals surface area contributed by atoms with Crippen molar-refractivity contribution >= 4 is 44.9 Å². The van der Waals surface area contributed by atoms with Crippen molar-refractivity contribution in [1.82, 2.24) is 10.3 Å². The number of aromatic nitrogens is 1. The molecule has 0 spiro atoms. The topological polar surface area (TPSA) is 68.0 Å². The first-order chi connectivity index (χ1) is 9.65. The van der Waals surface area contributed by atoms with Crippen LogP contribution in [0.2, 0.25) is 0 Å². The molecule has 3 N–H and O–H groups in total. The molecule has 0 bridgehead atoms. The number of nitrogens with two attached hydrogens (primary N) is 1. The van der Waals surface area contributed by atoms with Gasteiger partial charge in [0, 0.05) is 17.1 Å². The lowest BCUT2D eigenvalue weighted by Gasteiger charge is -2.22. The maximum atomic E-state index is 12.4. The van der Waals surface area contributed by atoms with Crippen LogP contribution in [-0.2, 0) is 0 Å². The molecule has 0 aromatic carbocycles. The fourth-order valence-electron chi connectivity index (χ4n) is 2.35. The fraction of sp³-hybridized carbons (Fsp3) is 0.429. The Morgan fingerprint density at radius 2 is 2.15 bits per heavy atom. The van der Waals surface area contributed by atoms with Crippen LogP contribution >= 0.6 is 23.1 Å². The summed E-state index contributed by atoms with van der Waals surface area (Å²) < 4.78 is 0. The molecule has 4 nitrogen and oxygen atoms in total. The molecule has 1 aliphatic rings. The predicted molar refractivity (Wildman–Crippen MR) is 86.6 cm³/mol. The van der Waals surface area contributed by atoms with E-state index in [-0.39, 0.29) is 11.9 Å². The second kappa shape index (κ2) is 5.61. The third-order valence-corrected chi connectivity index (χ3v) is 5.66. The maximum absolute atomic E-state index is 12.4. The lowest BCUT2D eigenvalue weighted by Crippen LogP contribution is -2.37. The minimum atomic E-state index is -0.0555. The molecule has 0 atom stereocenters. The molecule has 6 heteroatoms. The zero-order chi connectivity index (χ0) is 14.1. The number of nitrogens with one attached hydrogen (secondary N) is 1. The molecule has 1 saturated heterocycles. The summed E-state index contributed by atoms with van der Waals surface area (Å²) >= 11 is 3.33. The van der Waals surface area contributed by atoms with Crippen LogP contribution in [0.5, 0.6) is 0 Å². The van der Waals surface area contributed by atoms with Crippen LogP contribution in [0.15, 0.2) is 12.1 Å². The first-order valence-corrected chi connectivity index (χ1v) is 8.66. The van der Waals surface area contributed by atoms with E-state index in [0.717, 1.165) is 40.3 Å². The zero-order valence-electron chi connectivity index (χ0n) is 11.3. The number of amides is 1. The van der Waals surface area contributed by atoms with Gasteiger partial charge in [-0.3, -0.25) is 4.79 Å². The average Bonchev–Trinajstić information content (AvgIpc) is 2.76. The van der Waals surface area contributed by atoms with E-state index in [1.54, 1.807) is 0 Å². The van der Waals surface area contributed by atoms with Crippen molar-refractivity contribution < 1.29 is 4.79 Å². The van der Waals surface area contributed by atoms with Gasteiger partial charge in [-0.2, -0.15) is 11.8 Å². The molecule has 0 unspecified atom stereocenters. The number of thioether (sulfide) groups is 1. The van der Waals surface area contributed by atoms with E-state index in [2.05, 4.69) is 10.3 Å². The summed E-state index contributed by atoms with van der Waals surface area (Å²) in [7, 11) is 0. The first-order valence-electron chi connectivity index (χ1n) is 6.69. The summed E-state index contributed by atoms with van der Waals surface area (Å²) in [6.07, 6.45) is 2.08. The van der Waals surface area contributed by atoms with Gasteiger partial charge in [0.2, 0.25) is 0 Å². The Bertz CT molecular complexity index is 647. The van der Waals surface area contributed by atoms with Gasteiger partial charge in [0.05, 0.1) is 5.69 Å². The highest BCUT2D eigenvalue weighted by atomic mass is 32.2. The fourth-order valence-corrected chi connectivity index (χ4v) is 4.50. The second-order valence-corrected chi connectivity index (χ2v) is 7.23. The van der Waals surface area contributed by atoms with Crippen LogP contribution in [-0.4, -0.2) is 28.4 Å². The largest absolute Gasteiger partial charge is 0.397 e. The Morgan fingerprint density at radius 1 is 1.40 bits per heavy atom. The number of nitrogens with zero attached hydrogens (tertiary/aromatic N) is 1. The summed E-state index contributed by atoms with van der Waals surface area (Å²) in [5.74, 6) is 2.18. The standard InChI is InChI=1S/C14H17N3OS2/c1-8-2-3-10-11(15)12(20-14(10)16-8)13(18)17-9-4-6-19-7-5-9/h2-3,9H,4-7,15H2,1H3,(H,17,18). The molecule has 20 heavy (non-hydrogen) atoms. The van der Waals surface area contributed by atoms with Crippen LogP contribution in [0.25, 0.3) is 10.2 Å². The molecule has 2 aromatic heterocycles. The molecule has 106 valence electrons. The summed E-state index contributed by atoms with van der Waals surface area (Å²) in [6.45, 7) is 1.94. The van der Waals surface area contributed by atoms with Gasteiger partial charge in [0.15, 0.2) is 0 Å². The SMILES string of the molecule is Cc1ccc2c(N)c(C(=O)NC3CCSCC3)sc2n1. The zero-order valence-corrected chi connectivity index (χ0v) is 12.9. The highest BCUT2D eigenvalue weighted by Crippen LogP contribution is 2.32. The van der Waals surface area contributed by atoms with Gasteiger partial charge in [-0.1, -0.05) is 0 Å². The Hall–Kier alpha value is -1.27. The predicted octanol–water partition coefficient (Wildman–Crippen LogP) is 2.81. The normalized spacial score (nSPS) is 16.4. The number of pyridine rings is 1. The Balaban J connectivity index is 1.85. The van der Waals surface area contributed by atoms with Gasteiger partial charge in [-0.25, -0.2) is 4.98 Å². The molecular weight excluding hydrogens is 290 g/mol. The second-order valence-electron chi connectivity index (χ2n) is 5.01. The van der Waals surface area contributed by atoms with Gasteiger partial charge < -0.3 is 11.1 Å². The van der Waals surface area contributed by atoms with E-state index in [1.807, 2.05) is 30.8 Å². The number of anilines is 1. The molecule has 3 rings (SSSR count). The molecule has 1 fully saturated rings. The van der Waals surface area contributed by atoms with Crippen LogP contribution < -0.4 is 11.1 Å². The van der Waals surface area contributed by atoms with E-state index in [1.165, 1.54) is 11.3 Å².